The normalized spacial score (nSPS) is 10.4. The number of aromatic nitrogens is 13. The Morgan fingerprint density at radius 2 is 0.535 bits per heavy atom. The molecule has 0 saturated carbocycles. The highest BCUT2D eigenvalue weighted by atomic mass is 15.1. The molecule has 0 unspecified atom stereocenters. The summed E-state index contributed by atoms with van der Waals surface area (Å²) in [4.78, 5) is 57.1. The molecule has 0 fully saturated rings. The van der Waals surface area contributed by atoms with Crippen molar-refractivity contribution in [3.8, 4) is 96.7 Å². The molecule has 0 radical (unpaired) electrons. The van der Waals surface area contributed by atoms with Gasteiger partial charge in [-0.3, -0.25) is 5.41 Å². The lowest BCUT2D eigenvalue weighted by Gasteiger charge is -2.07. The van der Waals surface area contributed by atoms with E-state index in [4.69, 9.17) is 16.4 Å². The fourth-order valence-electron chi connectivity index (χ4n) is 6.76. The second-order valence-electron chi connectivity index (χ2n) is 15.1. The molecule has 16 heteroatoms. The number of nitrogens with one attached hydrogen (secondary N) is 1. The Kier molecular flexibility index (Phi) is 14.3. The molecule has 0 aliphatic carbocycles. The Morgan fingerprint density at radius 3 is 0.761 bits per heavy atom. The van der Waals surface area contributed by atoms with Crippen molar-refractivity contribution in [2.24, 2.45) is 5.73 Å². The lowest BCUT2D eigenvalue weighted by atomic mass is 10.1. The number of nitriles is 1. The van der Waals surface area contributed by atoms with Gasteiger partial charge in [0.25, 0.3) is 0 Å². The van der Waals surface area contributed by atoms with E-state index in [9.17, 15) is 0 Å². The maximum atomic E-state index is 8.52. The first-order valence-electron chi connectivity index (χ1n) is 21.9. The Labute approximate surface area is 407 Å². The summed E-state index contributed by atoms with van der Waals surface area (Å²) < 4.78 is 0. The van der Waals surface area contributed by atoms with Crippen molar-refractivity contribution in [1.82, 2.24) is 64.8 Å². The number of amidine groups is 1. The molecule has 0 atom stereocenters. The molecule has 0 amide bonds. The maximum Gasteiger partial charge on any atom is 0.232 e. The van der Waals surface area contributed by atoms with E-state index in [1.165, 1.54) is 0 Å². The van der Waals surface area contributed by atoms with Crippen LogP contribution < -0.4 is 5.73 Å². The first kappa shape index (κ1) is 45.6. The van der Waals surface area contributed by atoms with Crippen LogP contribution in [-0.2, 0) is 0 Å². The minimum Gasteiger partial charge on any atom is -0.381 e. The minimum absolute atomic E-state index is 0.116. The van der Waals surface area contributed by atoms with Gasteiger partial charge in [-0.1, -0.05) is 152 Å². The van der Waals surface area contributed by atoms with Gasteiger partial charge in [-0.2, -0.15) is 5.26 Å². The largest absolute Gasteiger partial charge is 0.381 e. The Balaban J connectivity index is 0.000000174. The predicted octanol–water partition coefficient (Wildman–Crippen LogP) is 9.69. The van der Waals surface area contributed by atoms with Crippen molar-refractivity contribution in [3.05, 3.63) is 225 Å². The summed E-state index contributed by atoms with van der Waals surface area (Å²) in [5.41, 5.74) is 14.9. The Morgan fingerprint density at radius 1 is 0.310 bits per heavy atom. The third kappa shape index (κ3) is 11.7. The number of hydrogen-bond acceptors (Lipinski definition) is 15. The van der Waals surface area contributed by atoms with Gasteiger partial charge < -0.3 is 5.73 Å². The predicted molar refractivity (Wildman–Crippen MR) is 270 cm³/mol. The number of nitrogen functional groups attached to an aromatic ring is 1. The van der Waals surface area contributed by atoms with Gasteiger partial charge in [0.1, 0.15) is 6.07 Å². The van der Waals surface area contributed by atoms with Crippen LogP contribution in [0.4, 0.5) is 0 Å². The van der Waals surface area contributed by atoms with Gasteiger partial charge in [0.15, 0.2) is 29.1 Å². The molecular formula is C55H38N16. The van der Waals surface area contributed by atoms with Crippen molar-refractivity contribution in [2.45, 2.75) is 0 Å². The summed E-state index contributed by atoms with van der Waals surface area (Å²) in [5, 5.41) is 15.7. The maximum absolute atomic E-state index is 8.52. The average Bonchev–Trinajstić information content (AvgIpc) is 3.46. The zero-order valence-electron chi connectivity index (χ0n) is 37.5. The molecule has 0 bridgehead atoms. The zero-order valence-corrected chi connectivity index (χ0v) is 37.5. The van der Waals surface area contributed by atoms with E-state index >= 15 is 0 Å². The molecule has 0 saturated heterocycles. The minimum atomic E-state index is -0.116. The van der Waals surface area contributed by atoms with Crippen LogP contribution in [0.15, 0.2) is 214 Å². The molecule has 5 aromatic carbocycles. The van der Waals surface area contributed by atoms with Crippen LogP contribution in [0, 0.1) is 16.7 Å². The third-order valence-corrected chi connectivity index (χ3v) is 10.4. The van der Waals surface area contributed by atoms with Gasteiger partial charge >= 0.3 is 0 Å². The molecule has 338 valence electrons. The highest BCUT2D eigenvalue weighted by Gasteiger charge is 2.18. The Bertz CT molecular complexity index is 3250. The van der Waals surface area contributed by atoms with Crippen LogP contribution in [0.25, 0.3) is 90.6 Å². The first-order valence-corrected chi connectivity index (χ1v) is 21.9. The summed E-state index contributed by atoms with van der Waals surface area (Å²) in [6.07, 6.45) is 17.1. The van der Waals surface area contributed by atoms with Gasteiger partial charge in [-0.05, 0) is 27.8 Å². The van der Waals surface area contributed by atoms with Crippen molar-refractivity contribution in [1.29, 1.82) is 10.7 Å². The van der Waals surface area contributed by atoms with Crippen LogP contribution in [-0.4, -0.2) is 70.6 Å². The third-order valence-electron chi connectivity index (χ3n) is 10.4. The van der Waals surface area contributed by atoms with Crippen LogP contribution in [0.2, 0.25) is 0 Å². The van der Waals surface area contributed by atoms with E-state index in [0.717, 1.165) is 55.6 Å². The quantitative estimate of drug-likeness (QED) is 0.101. The van der Waals surface area contributed by atoms with Crippen molar-refractivity contribution < 1.29 is 0 Å². The molecule has 6 heterocycles. The van der Waals surface area contributed by atoms with Gasteiger partial charge in [0.2, 0.25) is 23.3 Å². The summed E-state index contributed by atoms with van der Waals surface area (Å²) in [5.74, 6) is 2.14. The molecule has 11 aromatic rings. The number of benzene rings is 5. The highest BCUT2D eigenvalue weighted by molar-refractivity contribution is 5.91. The number of rotatable bonds is 9. The van der Waals surface area contributed by atoms with Gasteiger partial charge in [-0.15, -0.1) is 0 Å². The summed E-state index contributed by atoms with van der Waals surface area (Å²) in [7, 11) is 0. The monoisotopic (exact) mass is 922 g/mol. The first-order chi connectivity index (χ1) is 35.0. The topological polar surface area (TPSA) is 241 Å². The van der Waals surface area contributed by atoms with Gasteiger partial charge in [0, 0.05) is 89.8 Å². The standard InChI is InChI=1S/C33H21N9.C11H10N4.C11H7N3/c1-4-10-22(11-5-1)25-16-34-28(35-17-25)31-40-32(29-36-18-26(19-37-29)23-12-6-2-7-13-23)42-33(41-31)30-38-20-27(21-39-30)24-14-8-3-9-15-24;12-10(13)11-14-6-9(7-15-11)8-4-2-1-3-5-8;12-6-11-13-7-10(8-14-11)9-4-2-1-3-5-9/h1-21H;1-7H,(H3,12,13);1-5,7-8H. The van der Waals surface area contributed by atoms with Crippen molar-refractivity contribution >= 4 is 5.84 Å². The number of nitrogens with zero attached hydrogens (tertiary/aromatic N) is 14. The SMILES string of the molecule is N#Cc1ncc(-c2ccccc2)cn1.N=C(N)c1ncc(-c2ccccc2)cn1.c1ccc(-c2cnc(-c3nc(-c4ncc(-c5ccccc5)cn4)nc(-c4ncc(-c5ccccc5)cn4)n3)nc2)cc1. The van der Waals surface area contributed by atoms with Gasteiger partial charge in [-0.25, -0.2) is 64.8 Å². The molecule has 3 N–H and O–H groups in total. The molecular weight excluding hydrogens is 885 g/mol. The van der Waals surface area contributed by atoms with Crippen molar-refractivity contribution in [3.63, 3.8) is 0 Å². The van der Waals surface area contributed by atoms with Crippen LogP contribution in [0.1, 0.15) is 11.6 Å². The molecule has 11 rings (SSSR count). The van der Waals surface area contributed by atoms with E-state index in [2.05, 4.69) is 64.8 Å². The number of hydrogen-bond donors (Lipinski definition) is 2. The average molecular weight is 923 g/mol. The fraction of sp³-hybridized carbons (Fsp3) is 0. The smallest absolute Gasteiger partial charge is 0.232 e. The molecule has 0 aliphatic rings. The molecule has 0 aliphatic heterocycles. The van der Waals surface area contributed by atoms with Gasteiger partial charge in [0.05, 0.1) is 0 Å². The number of nitrogens with two attached hydrogens (primary N) is 1. The Hall–Kier alpha value is -10.5. The van der Waals surface area contributed by atoms with Crippen molar-refractivity contribution in [2.75, 3.05) is 0 Å². The van der Waals surface area contributed by atoms with Crippen LogP contribution >= 0.6 is 0 Å². The van der Waals surface area contributed by atoms with E-state index in [1.807, 2.05) is 158 Å². The summed E-state index contributed by atoms with van der Waals surface area (Å²) in [6.45, 7) is 0. The lowest BCUT2D eigenvalue weighted by molar-refractivity contribution is 0.984. The van der Waals surface area contributed by atoms with E-state index in [-0.39, 0.29) is 35.0 Å². The summed E-state index contributed by atoms with van der Waals surface area (Å²) in [6, 6.07) is 51.3. The molecule has 6 aromatic heterocycles. The van der Waals surface area contributed by atoms with E-state index in [0.29, 0.717) is 17.5 Å². The molecule has 0 spiro atoms. The van der Waals surface area contributed by atoms with Crippen LogP contribution in [0.5, 0.6) is 0 Å². The summed E-state index contributed by atoms with van der Waals surface area (Å²) >= 11 is 0. The van der Waals surface area contributed by atoms with E-state index < -0.39 is 0 Å². The molecule has 71 heavy (non-hydrogen) atoms. The highest BCUT2D eigenvalue weighted by Crippen LogP contribution is 2.25. The zero-order chi connectivity index (χ0) is 48.6. The fourth-order valence-corrected chi connectivity index (χ4v) is 6.76. The lowest BCUT2D eigenvalue weighted by Crippen LogP contribution is -2.14. The van der Waals surface area contributed by atoms with E-state index in [1.54, 1.807) is 62.0 Å². The second-order valence-corrected chi connectivity index (χ2v) is 15.1. The van der Waals surface area contributed by atoms with Crippen LogP contribution in [0.3, 0.4) is 0 Å². The second kappa shape index (κ2) is 22.3. The molecule has 16 nitrogen and oxygen atoms in total.